The van der Waals surface area contributed by atoms with E-state index in [-0.39, 0.29) is 6.04 Å². The Morgan fingerprint density at radius 1 is 1.33 bits per heavy atom. The largest absolute Gasteiger partial charge is 0.490 e. The van der Waals surface area contributed by atoms with E-state index < -0.39 is 6.10 Å². The van der Waals surface area contributed by atoms with Gasteiger partial charge >= 0.3 is 0 Å². The summed E-state index contributed by atoms with van der Waals surface area (Å²) in [5.41, 5.74) is 9.62. The van der Waals surface area contributed by atoms with E-state index in [1.54, 1.807) is 0 Å². The molecule has 1 aromatic rings. The Balaban J connectivity index is 2.13. The van der Waals surface area contributed by atoms with Crippen molar-refractivity contribution in [1.29, 1.82) is 0 Å². The van der Waals surface area contributed by atoms with Crippen molar-refractivity contribution >= 4 is 0 Å². The third-order valence-electron chi connectivity index (χ3n) is 3.43. The summed E-state index contributed by atoms with van der Waals surface area (Å²) in [7, 11) is 0. The van der Waals surface area contributed by atoms with E-state index in [9.17, 15) is 5.11 Å². The lowest BCUT2D eigenvalue weighted by molar-refractivity contribution is 0.0673. The van der Waals surface area contributed by atoms with Crippen LogP contribution >= 0.6 is 0 Å². The number of ether oxygens (including phenoxy) is 1. The average Bonchev–Trinajstić information content (AvgIpc) is 2.71. The molecule has 1 heterocycles. The number of aliphatic hydroxyl groups is 1. The fraction of sp³-hybridized carbons (Fsp3) is 0.500. The van der Waals surface area contributed by atoms with Crippen molar-refractivity contribution in [2.75, 3.05) is 6.61 Å². The van der Waals surface area contributed by atoms with Gasteiger partial charge in [-0.2, -0.15) is 0 Å². The third kappa shape index (κ3) is 1.27. The first kappa shape index (κ1) is 9.19. The molecule has 2 atom stereocenters. The van der Waals surface area contributed by atoms with Crippen LogP contribution in [0.5, 0.6) is 5.75 Å². The summed E-state index contributed by atoms with van der Waals surface area (Å²) in [6, 6.07) is 3.84. The summed E-state index contributed by atoms with van der Waals surface area (Å²) in [5, 5.41) is 9.62. The Morgan fingerprint density at radius 2 is 2.20 bits per heavy atom. The molecular formula is C12H15NO2. The van der Waals surface area contributed by atoms with Gasteiger partial charge < -0.3 is 15.6 Å². The van der Waals surface area contributed by atoms with Crippen LogP contribution in [0.25, 0.3) is 0 Å². The minimum atomic E-state index is -0.572. The summed E-state index contributed by atoms with van der Waals surface area (Å²) < 4.78 is 5.62. The van der Waals surface area contributed by atoms with Crippen LogP contribution in [-0.4, -0.2) is 17.8 Å². The molecule has 1 aromatic carbocycles. The predicted molar refractivity (Wildman–Crippen MR) is 56.9 cm³/mol. The van der Waals surface area contributed by atoms with Gasteiger partial charge in [0.15, 0.2) is 0 Å². The van der Waals surface area contributed by atoms with Crippen molar-refractivity contribution in [2.24, 2.45) is 5.73 Å². The monoisotopic (exact) mass is 205 g/mol. The average molecular weight is 205 g/mol. The van der Waals surface area contributed by atoms with Crippen molar-refractivity contribution in [2.45, 2.75) is 31.4 Å². The molecule has 0 saturated carbocycles. The van der Waals surface area contributed by atoms with Gasteiger partial charge in [-0.15, -0.1) is 0 Å². The highest BCUT2D eigenvalue weighted by atomic mass is 16.5. The maximum absolute atomic E-state index is 9.62. The zero-order valence-corrected chi connectivity index (χ0v) is 8.57. The van der Waals surface area contributed by atoms with Crippen molar-refractivity contribution in [3.8, 4) is 5.75 Å². The zero-order chi connectivity index (χ0) is 10.4. The summed E-state index contributed by atoms with van der Waals surface area (Å²) in [6.07, 6.45) is 2.86. The van der Waals surface area contributed by atoms with E-state index in [0.29, 0.717) is 6.61 Å². The molecule has 15 heavy (non-hydrogen) atoms. The number of rotatable bonds is 0. The molecule has 0 bridgehead atoms. The fourth-order valence-electron chi connectivity index (χ4n) is 2.56. The first-order chi connectivity index (χ1) is 7.27. The number of benzene rings is 1. The Hall–Kier alpha value is -1.06. The number of fused-ring (bicyclic) bond motifs is 3. The lowest BCUT2D eigenvalue weighted by Crippen LogP contribution is -2.36. The van der Waals surface area contributed by atoms with Crippen molar-refractivity contribution in [1.82, 2.24) is 0 Å². The van der Waals surface area contributed by atoms with Crippen LogP contribution in [0.1, 0.15) is 29.2 Å². The van der Waals surface area contributed by atoms with Crippen LogP contribution in [-0.2, 0) is 12.8 Å². The smallest absolute Gasteiger partial charge is 0.127 e. The Morgan fingerprint density at radius 3 is 3.07 bits per heavy atom. The highest BCUT2D eigenvalue weighted by Gasteiger charge is 2.30. The lowest BCUT2D eigenvalue weighted by Gasteiger charge is -2.29. The molecule has 0 fully saturated rings. The molecule has 0 spiro atoms. The highest BCUT2D eigenvalue weighted by Crippen LogP contribution is 2.39. The second kappa shape index (κ2) is 3.22. The van der Waals surface area contributed by atoms with E-state index in [1.165, 1.54) is 17.5 Å². The fourth-order valence-corrected chi connectivity index (χ4v) is 2.56. The molecule has 3 nitrogen and oxygen atoms in total. The molecule has 0 aromatic heterocycles. The molecule has 0 amide bonds. The molecule has 1 aliphatic heterocycles. The standard InChI is InChI=1S/C12H15NO2/c13-11-9-5-4-7-2-1-3-8(7)12(9)15-6-10(11)14/h4-5,10-11,14H,1-3,6,13H2/t10-,11+/m1/s1. The van der Waals surface area contributed by atoms with Gasteiger partial charge in [-0.3, -0.25) is 0 Å². The molecule has 0 unspecified atom stereocenters. The number of aryl methyl sites for hydroxylation is 1. The van der Waals surface area contributed by atoms with Crippen LogP contribution < -0.4 is 10.5 Å². The van der Waals surface area contributed by atoms with Crippen molar-refractivity contribution < 1.29 is 9.84 Å². The van der Waals surface area contributed by atoms with Crippen molar-refractivity contribution in [3.05, 3.63) is 28.8 Å². The molecule has 0 saturated heterocycles. The third-order valence-corrected chi connectivity index (χ3v) is 3.43. The molecule has 1 aliphatic carbocycles. The highest BCUT2D eigenvalue weighted by molar-refractivity contribution is 5.51. The summed E-state index contributed by atoms with van der Waals surface area (Å²) in [4.78, 5) is 0. The van der Waals surface area contributed by atoms with Gasteiger partial charge in [0.05, 0.1) is 6.04 Å². The van der Waals surface area contributed by atoms with E-state index in [2.05, 4.69) is 6.07 Å². The van der Waals surface area contributed by atoms with Gasteiger partial charge in [0, 0.05) is 5.56 Å². The number of aliphatic hydroxyl groups excluding tert-OH is 1. The van der Waals surface area contributed by atoms with E-state index >= 15 is 0 Å². The SMILES string of the molecule is N[C@H]1c2ccc3c(c2OC[C@H]1O)CCC3. The van der Waals surface area contributed by atoms with Crippen LogP contribution in [0.2, 0.25) is 0 Å². The maximum Gasteiger partial charge on any atom is 0.127 e. The number of hydrogen-bond donors (Lipinski definition) is 2. The molecule has 0 radical (unpaired) electrons. The van der Waals surface area contributed by atoms with Crippen molar-refractivity contribution in [3.63, 3.8) is 0 Å². The van der Waals surface area contributed by atoms with Gasteiger partial charge in [-0.25, -0.2) is 0 Å². The molecule has 3 rings (SSSR count). The number of nitrogens with two attached hydrogens (primary N) is 1. The summed E-state index contributed by atoms with van der Waals surface area (Å²) in [6.45, 7) is 0.324. The van der Waals surface area contributed by atoms with Gasteiger partial charge in [0.1, 0.15) is 18.5 Å². The van der Waals surface area contributed by atoms with Gasteiger partial charge in [0.2, 0.25) is 0 Å². The van der Waals surface area contributed by atoms with E-state index in [0.717, 1.165) is 24.2 Å². The quantitative estimate of drug-likeness (QED) is 0.662. The first-order valence-electron chi connectivity index (χ1n) is 5.48. The van der Waals surface area contributed by atoms with E-state index in [1.807, 2.05) is 6.07 Å². The molecule has 80 valence electrons. The zero-order valence-electron chi connectivity index (χ0n) is 8.57. The Bertz CT molecular complexity index is 403. The van der Waals surface area contributed by atoms with Crippen LogP contribution in [0, 0.1) is 0 Å². The Kier molecular flexibility index (Phi) is 1.97. The second-order valence-corrected chi connectivity index (χ2v) is 4.38. The van der Waals surface area contributed by atoms with Gasteiger partial charge in [-0.1, -0.05) is 12.1 Å². The van der Waals surface area contributed by atoms with Crippen LogP contribution in [0.3, 0.4) is 0 Å². The Labute approximate surface area is 88.9 Å². The normalized spacial score (nSPS) is 28.1. The molecular weight excluding hydrogens is 190 g/mol. The summed E-state index contributed by atoms with van der Waals surface area (Å²) in [5.74, 6) is 0.947. The lowest BCUT2D eigenvalue weighted by atomic mass is 9.94. The molecule has 3 N–H and O–H groups in total. The van der Waals surface area contributed by atoms with E-state index in [4.69, 9.17) is 10.5 Å². The van der Waals surface area contributed by atoms with Crippen LogP contribution in [0.4, 0.5) is 0 Å². The molecule has 3 heteroatoms. The topological polar surface area (TPSA) is 55.5 Å². The van der Waals surface area contributed by atoms with Gasteiger partial charge in [-0.05, 0) is 30.4 Å². The maximum atomic E-state index is 9.62. The minimum absolute atomic E-state index is 0.292. The number of hydrogen-bond acceptors (Lipinski definition) is 3. The van der Waals surface area contributed by atoms with Gasteiger partial charge in [0.25, 0.3) is 0 Å². The first-order valence-corrected chi connectivity index (χ1v) is 5.48. The second-order valence-electron chi connectivity index (χ2n) is 4.38. The summed E-state index contributed by atoms with van der Waals surface area (Å²) >= 11 is 0. The van der Waals surface area contributed by atoms with Crippen LogP contribution in [0.15, 0.2) is 12.1 Å². The molecule has 2 aliphatic rings. The minimum Gasteiger partial charge on any atom is -0.490 e. The predicted octanol–water partition coefficient (Wildman–Crippen LogP) is 0.928.